The van der Waals surface area contributed by atoms with Gasteiger partial charge in [0, 0.05) is 31.0 Å². The molecule has 2 heterocycles. The number of amides is 2. The van der Waals surface area contributed by atoms with E-state index in [1.807, 2.05) is 41.9 Å². The van der Waals surface area contributed by atoms with E-state index in [0.717, 1.165) is 55.8 Å². The van der Waals surface area contributed by atoms with Gasteiger partial charge in [-0.15, -0.1) is 0 Å². The molecule has 0 radical (unpaired) electrons. The third-order valence-corrected chi connectivity index (χ3v) is 8.99. The fraction of sp³-hybridized carbons (Fsp3) is 0.621. The summed E-state index contributed by atoms with van der Waals surface area (Å²) in [6.07, 6.45) is 13.0. The van der Waals surface area contributed by atoms with Crippen molar-refractivity contribution in [2.45, 2.75) is 88.6 Å². The molecule has 0 bridgehead atoms. The Labute approximate surface area is 214 Å². The summed E-state index contributed by atoms with van der Waals surface area (Å²) in [4.78, 5) is 33.0. The van der Waals surface area contributed by atoms with Gasteiger partial charge in [-0.25, -0.2) is 4.99 Å². The summed E-state index contributed by atoms with van der Waals surface area (Å²) < 4.78 is 1.97. The van der Waals surface area contributed by atoms with Crippen LogP contribution in [0.3, 0.4) is 0 Å². The van der Waals surface area contributed by atoms with Gasteiger partial charge in [0.1, 0.15) is 11.2 Å². The minimum Gasteiger partial charge on any atom is -0.369 e. The summed E-state index contributed by atoms with van der Waals surface area (Å²) in [5.41, 5.74) is 7.17. The van der Waals surface area contributed by atoms with Crippen LogP contribution >= 0.6 is 0 Å². The molecule has 2 aromatic rings. The molecule has 3 aliphatic rings. The Morgan fingerprint density at radius 3 is 2.56 bits per heavy atom. The Hall–Kier alpha value is -2.83. The van der Waals surface area contributed by atoms with Crippen molar-refractivity contribution in [2.24, 2.45) is 29.6 Å². The van der Waals surface area contributed by atoms with E-state index >= 15 is 0 Å². The van der Waals surface area contributed by atoms with E-state index in [2.05, 4.69) is 5.32 Å². The first-order valence-corrected chi connectivity index (χ1v) is 13.8. The summed E-state index contributed by atoms with van der Waals surface area (Å²) in [6, 6.07) is 10.2. The molecular formula is C29H41N5O2. The summed E-state index contributed by atoms with van der Waals surface area (Å²) in [5, 5.41) is 4.38. The van der Waals surface area contributed by atoms with Gasteiger partial charge < -0.3 is 15.6 Å². The van der Waals surface area contributed by atoms with Gasteiger partial charge in [-0.05, 0) is 56.1 Å². The number of rotatable bonds is 7. The van der Waals surface area contributed by atoms with Crippen LogP contribution in [0.25, 0.3) is 10.9 Å². The normalized spacial score (nSPS) is 27.4. The molecule has 2 saturated carbocycles. The zero-order valence-corrected chi connectivity index (χ0v) is 21.8. The van der Waals surface area contributed by atoms with Gasteiger partial charge in [-0.1, -0.05) is 63.1 Å². The molecule has 0 saturated heterocycles. The number of fused-ring (bicyclic) bond motifs is 1. The smallest absolute Gasteiger partial charge is 0.268 e. The third kappa shape index (κ3) is 4.89. The molecule has 1 aliphatic heterocycles. The number of hydrogen-bond acceptors (Lipinski definition) is 4. The number of hydrogen-bond donors (Lipinski definition) is 2. The van der Waals surface area contributed by atoms with E-state index in [1.165, 1.54) is 32.1 Å². The second kappa shape index (κ2) is 10.3. The molecule has 0 spiro atoms. The summed E-state index contributed by atoms with van der Waals surface area (Å²) in [5.74, 6) is 1.42. The summed E-state index contributed by atoms with van der Waals surface area (Å²) in [7, 11) is 3.69. The predicted octanol–water partition coefficient (Wildman–Crippen LogP) is 4.74. The van der Waals surface area contributed by atoms with Crippen molar-refractivity contribution in [1.29, 1.82) is 0 Å². The second-order valence-electron chi connectivity index (χ2n) is 11.5. The van der Waals surface area contributed by atoms with E-state index in [0.29, 0.717) is 23.5 Å². The number of guanidine groups is 1. The Morgan fingerprint density at radius 1 is 1.08 bits per heavy atom. The molecule has 3 atom stereocenters. The lowest BCUT2D eigenvalue weighted by molar-refractivity contribution is -0.131. The summed E-state index contributed by atoms with van der Waals surface area (Å²) in [6.45, 7) is 0. The number of likely N-dealkylation sites (N-methyl/N-ethyl adjacent to an activating group) is 1. The van der Waals surface area contributed by atoms with Crippen LogP contribution in [0.4, 0.5) is 0 Å². The zero-order chi connectivity index (χ0) is 25.3. The van der Waals surface area contributed by atoms with Crippen molar-refractivity contribution < 1.29 is 9.59 Å². The molecule has 2 aliphatic carbocycles. The number of nitrogens with one attached hydrogen (secondary N) is 1. The topological polar surface area (TPSA) is 92.7 Å². The number of nitrogens with zero attached hydrogens (tertiary/aromatic N) is 3. The lowest BCUT2D eigenvalue weighted by Crippen LogP contribution is -2.45. The number of aromatic nitrogens is 1. The summed E-state index contributed by atoms with van der Waals surface area (Å²) >= 11 is 0. The van der Waals surface area contributed by atoms with E-state index < -0.39 is 5.54 Å². The molecule has 7 nitrogen and oxygen atoms in total. The number of aliphatic imine (C=N–C) groups is 1. The van der Waals surface area contributed by atoms with Crippen molar-refractivity contribution in [1.82, 2.24) is 14.8 Å². The van der Waals surface area contributed by atoms with Crippen LogP contribution in [0.1, 0.15) is 87.5 Å². The monoisotopic (exact) mass is 491 g/mol. The molecule has 7 heteroatoms. The van der Waals surface area contributed by atoms with Crippen LogP contribution in [0.15, 0.2) is 35.3 Å². The first-order valence-electron chi connectivity index (χ1n) is 13.8. The molecule has 2 fully saturated rings. The number of para-hydroxylation sites is 1. The molecule has 36 heavy (non-hydrogen) atoms. The highest BCUT2D eigenvalue weighted by molar-refractivity contribution is 6.06. The molecular weight excluding hydrogens is 450 g/mol. The molecule has 5 rings (SSSR count). The lowest BCUT2D eigenvalue weighted by Gasteiger charge is -2.35. The van der Waals surface area contributed by atoms with Crippen molar-refractivity contribution in [3.8, 4) is 0 Å². The van der Waals surface area contributed by atoms with Gasteiger partial charge in [0.25, 0.3) is 11.8 Å². The Morgan fingerprint density at radius 2 is 1.83 bits per heavy atom. The van der Waals surface area contributed by atoms with Crippen molar-refractivity contribution in [3.63, 3.8) is 0 Å². The fourth-order valence-corrected chi connectivity index (χ4v) is 6.93. The highest BCUT2D eigenvalue weighted by Gasteiger charge is 2.48. The van der Waals surface area contributed by atoms with Gasteiger partial charge in [0.15, 0.2) is 5.96 Å². The van der Waals surface area contributed by atoms with Gasteiger partial charge in [-0.3, -0.25) is 14.5 Å². The quantitative estimate of drug-likeness (QED) is 0.586. The van der Waals surface area contributed by atoms with E-state index in [9.17, 15) is 9.59 Å². The van der Waals surface area contributed by atoms with Gasteiger partial charge in [0.2, 0.25) is 0 Å². The van der Waals surface area contributed by atoms with Crippen molar-refractivity contribution in [3.05, 3.63) is 36.0 Å². The van der Waals surface area contributed by atoms with Crippen molar-refractivity contribution in [2.75, 3.05) is 7.05 Å². The first kappa shape index (κ1) is 24.8. The molecule has 3 N–H and O–H groups in total. The second-order valence-corrected chi connectivity index (χ2v) is 11.5. The number of aryl methyl sites for hydroxylation is 1. The van der Waals surface area contributed by atoms with Gasteiger partial charge in [0.05, 0.1) is 0 Å². The van der Waals surface area contributed by atoms with E-state index in [1.54, 1.807) is 11.9 Å². The minimum absolute atomic E-state index is 0.0229. The van der Waals surface area contributed by atoms with Crippen LogP contribution in [0.2, 0.25) is 0 Å². The maximum absolute atomic E-state index is 13.4. The molecule has 1 aromatic carbocycles. The van der Waals surface area contributed by atoms with E-state index in [4.69, 9.17) is 10.7 Å². The van der Waals surface area contributed by atoms with Gasteiger partial charge in [-0.2, -0.15) is 0 Å². The van der Waals surface area contributed by atoms with Gasteiger partial charge >= 0.3 is 0 Å². The number of carbonyl (C=O) groups excluding carboxylic acids is 2. The van der Waals surface area contributed by atoms with Crippen LogP contribution in [-0.4, -0.2) is 45.9 Å². The number of benzene rings is 1. The fourth-order valence-electron chi connectivity index (χ4n) is 6.93. The maximum Gasteiger partial charge on any atom is 0.268 e. The molecule has 2 amide bonds. The molecule has 1 aromatic heterocycles. The Bertz CT molecular complexity index is 1150. The predicted molar refractivity (Wildman–Crippen MR) is 144 cm³/mol. The van der Waals surface area contributed by atoms with Crippen LogP contribution in [-0.2, 0) is 11.8 Å². The van der Waals surface area contributed by atoms with Crippen LogP contribution < -0.4 is 11.1 Å². The van der Waals surface area contributed by atoms with Crippen LogP contribution in [0.5, 0.6) is 0 Å². The third-order valence-electron chi connectivity index (χ3n) is 8.99. The number of nitrogens with two attached hydrogens (primary N) is 1. The van der Waals surface area contributed by atoms with E-state index in [-0.39, 0.29) is 17.9 Å². The Balaban J connectivity index is 1.26. The Kier molecular flexibility index (Phi) is 7.09. The average Bonchev–Trinajstić information content (AvgIpc) is 3.33. The molecule has 0 unspecified atom stereocenters. The SMILES string of the molecule is CN1C(=O)[C@@](CCC2CCCCC2)(C[C@H]2CCC[C@@H](NC(=O)c3cc4ccccc4n3C)C2)N=C1N. The zero-order valence-electron chi connectivity index (χ0n) is 21.8. The highest BCUT2D eigenvalue weighted by atomic mass is 16.2. The van der Waals surface area contributed by atoms with Crippen LogP contribution in [0, 0.1) is 11.8 Å². The molecule has 194 valence electrons. The lowest BCUT2D eigenvalue weighted by atomic mass is 9.74. The largest absolute Gasteiger partial charge is 0.369 e. The first-order chi connectivity index (χ1) is 17.4. The van der Waals surface area contributed by atoms with Crippen molar-refractivity contribution >= 4 is 28.7 Å². The maximum atomic E-state index is 13.4. The number of carbonyl (C=O) groups is 2. The minimum atomic E-state index is -0.733. The average molecular weight is 492 g/mol. The standard InChI is InChI=1S/C29H41N5O2/c1-33-24-14-7-6-12-22(24)18-25(33)26(35)31-23-13-8-11-21(17-23)19-29(27(36)34(2)28(30)32-29)16-15-20-9-4-3-5-10-20/h6-7,12,14,18,20-21,23H,3-5,8-11,13,15-17,19H2,1-2H3,(H2,30,32)(H,31,35)/t21-,23+,29+/m0/s1. The highest BCUT2D eigenvalue weighted by Crippen LogP contribution is 2.40.